The average molecular weight is 380 g/mol. The highest BCUT2D eigenvalue weighted by molar-refractivity contribution is 6.00. The van der Waals surface area contributed by atoms with Gasteiger partial charge in [-0.25, -0.2) is 9.67 Å². The van der Waals surface area contributed by atoms with E-state index in [1.54, 1.807) is 42.2 Å². The van der Waals surface area contributed by atoms with E-state index in [-0.39, 0.29) is 17.8 Å². The zero-order chi connectivity index (χ0) is 20.1. The van der Waals surface area contributed by atoms with Crippen LogP contribution in [0.15, 0.2) is 55.1 Å². The van der Waals surface area contributed by atoms with Gasteiger partial charge < -0.3 is 10.6 Å². The Morgan fingerprint density at radius 1 is 1.18 bits per heavy atom. The average Bonchev–Trinajstić information content (AvgIpc) is 3.21. The van der Waals surface area contributed by atoms with Gasteiger partial charge >= 0.3 is 0 Å². The molecule has 0 aliphatic carbocycles. The molecule has 3 rings (SSSR count). The Bertz CT molecular complexity index is 1020. The number of carbonyl (C=O) groups excluding carboxylic acids is 2. The Hall–Kier alpha value is -4.08. The number of non-ortho nitro benzene ring substituents is 1. The first-order chi connectivity index (χ1) is 13.4. The summed E-state index contributed by atoms with van der Waals surface area (Å²) in [7, 11) is 0. The number of rotatable bonds is 6. The van der Waals surface area contributed by atoms with Gasteiger partial charge in [-0.2, -0.15) is 5.10 Å². The lowest BCUT2D eigenvalue weighted by Crippen LogP contribution is -2.33. The maximum Gasteiger partial charge on any atom is 0.270 e. The van der Waals surface area contributed by atoms with Crippen molar-refractivity contribution in [1.82, 2.24) is 20.1 Å². The van der Waals surface area contributed by atoms with Gasteiger partial charge in [-0.15, -0.1) is 0 Å². The normalized spacial score (nSPS) is 10.3. The molecule has 0 saturated heterocycles. The largest absolute Gasteiger partial charge is 0.343 e. The maximum atomic E-state index is 12.2. The van der Waals surface area contributed by atoms with Crippen LogP contribution in [0, 0.1) is 17.0 Å². The molecule has 0 fully saturated rings. The van der Waals surface area contributed by atoms with E-state index >= 15 is 0 Å². The molecular formula is C18H16N6O4. The Morgan fingerprint density at radius 2 is 1.93 bits per heavy atom. The van der Waals surface area contributed by atoms with Gasteiger partial charge in [0.2, 0.25) is 5.91 Å². The number of nitro groups is 1. The van der Waals surface area contributed by atoms with Gasteiger partial charge in [0.25, 0.3) is 11.6 Å². The Kier molecular flexibility index (Phi) is 5.40. The molecule has 3 aromatic rings. The second-order valence-electron chi connectivity index (χ2n) is 5.87. The van der Waals surface area contributed by atoms with Crippen molar-refractivity contribution in [2.45, 2.75) is 6.92 Å². The number of anilines is 1. The molecule has 0 aliphatic rings. The first-order valence-electron chi connectivity index (χ1n) is 8.22. The van der Waals surface area contributed by atoms with E-state index in [1.165, 1.54) is 24.5 Å². The molecule has 10 heteroatoms. The van der Waals surface area contributed by atoms with Gasteiger partial charge in [0, 0.05) is 23.4 Å². The van der Waals surface area contributed by atoms with Crippen molar-refractivity contribution in [3.05, 3.63) is 76.4 Å². The predicted octanol–water partition coefficient (Wildman–Crippen LogP) is 1.85. The summed E-state index contributed by atoms with van der Waals surface area (Å²) in [6.07, 6.45) is 2.97. The lowest BCUT2D eigenvalue weighted by molar-refractivity contribution is -0.384. The Labute approximate surface area is 159 Å². The van der Waals surface area contributed by atoms with Crippen LogP contribution in [0.5, 0.6) is 0 Å². The van der Waals surface area contributed by atoms with Gasteiger partial charge in [0.15, 0.2) is 0 Å². The van der Waals surface area contributed by atoms with Crippen LogP contribution in [-0.2, 0) is 4.79 Å². The zero-order valence-corrected chi connectivity index (χ0v) is 14.8. The summed E-state index contributed by atoms with van der Waals surface area (Å²) in [5.41, 5.74) is 1.87. The third kappa shape index (κ3) is 4.36. The second-order valence-corrected chi connectivity index (χ2v) is 5.87. The van der Waals surface area contributed by atoms with Gasteiger partial charge in [-0.1, -0.05) is 6.07 Å². The third-order valence-electron chi connectivity index (χ3n) is 3.92. The smallest absolute Gasteiger partial charge is 0.270 e. The van der Waals surface area contributed by atoms with Gasteiger partial charge in [0.1, 0.15) is 12.7 Å². The summed E-state index contributed by atoms with van der Waals surface area (Å²) < 4.78 is 1.58. The zero-order valence-electron chi connectivity index (χ0n) is 14.8. The maximum absolute atomic E-state index is 12.2. The van der Waals surface area contributed by atoms with Crippen LogP contribution < -0.4 is 10.6 Å². The molecular weight excluding hydrogens is 364 g/mol. The summed E-state index contributed by atoms with van der Waals surface area (Å²) in [4.78, 5) is 38.4. The molecule has 142 valence electrons. The molecule has 2 aromatic carbocycles. The minimum Gasteiger partial charge on any atom is -0.343 e. The van der Waals surface area contributed by atoms with E-state index in [4.69, 9.17) is 0 Å². The highest BCUT2D eigenvalue weighted by Crippen LogP contribution is 2.17. The van der Waals surface area contributed by atoms with Crippen LogP contribution in [0.1, 0.15) is 15.9 Å². The standard InChI is InChI=1S/C18H16N6O4/c1-12-2-5-15(24(27)28)8-16(12)18(26)20-9-17(25)22-13-3-6-14(7-4-13)23-11-19-10-21-23/h2-8,10-11H,9H2,1H3,(H,20,26)(H,22,25). The number of benzene rings is 2. The molecule has 0 radical (unpaired) electrons. The van der Waals surface area contributed by atoms with Crippen LogP contribution in [0.3, 0.4) is 0 Å². The van der Waals surface area contributed by atoms with E-state index in [1.807, 2.05) is 0 Å². The summed E-state index contributed by atoms with van der Waals surface area (Å²) in [5, 5.41) is 20.0. The molecule has 0 bridgehead atoms. The topological polar surface area (TPSA) is 132 Å². The van der Waals surface area contributed by atoms with Crippen LogP contribution in [0.25, 0.3) is 5.69 Å². The second kappa shape index (κ2) is 8.08. The summed E-state index contributed by atoms with van der Waals surface area (Å²) in [5.74, 6) is -0.984. The number of aryl methyl sites for hydroxylation is 1. The van der Waals surface area contributed by atoms with Crippen molar-refractivity contribution in [1.29, 1.82) is 0 Å². The number of hydrogen-bond acceptors (Lipinski definition) is 6. The van der Waals surface area contributed by atoms with Crippen molar-refractivity contribution in [3.63, 3.8) is 0 Å². The number of nitrogens with one attached hydrogen (secondary N) is 2. The molecule has 0 unspecified atom stereocenters. The van der Waals surface area contributed by atoms with Crippen molar-refractivity contribution in [2.75, 3.05) is 11.9 Å². The van der Waals surface area contributed by atoms with Crippen molar-refractivity contribution in [3.8, 4) is 5.69 Å². The fourth-order valence-electron chi connectivity index (χ4n) is 2.47. The van der Waals surface area contributed by atoms with Crippen molar-refractivity contribution < 1.29 is 14.5 Å². The predicted molar refractivity (Wildman–Crippen MR) is 100 cm³/mol. The fourth-order valence-corrected chi connectivity index (χ4v) is 2.47. The lowest BCUT2D eigenvalue weighted by Gasteiger charge is -2.09. The van der Waals surface area contributed by atoms with Crippen LogP contribution in [0.2, 0.25) is 0 Å². The molecule has 28 heavy (non-hydrogen) atoms. The minimum absolute atomic E-state index is 0.152. The van der Waals surface area contributed by atoms with Gasteiger partial charge in [0.05, 0.1) is 17.2 Å². The Morgan fingerprint density at radius 3 is 2.57 bits per heavy atom. The van der Waals surface area contributed by atoms with Crippen LogP contribution in [0.4, 0.5) is 11.4 Å². The molecule has 2 amide bonds. The third-order valence-corrected chi connectivity index (χ3v) is 3.92. The molecule has 0 aliphatic heterocycles. The van der Waals surface area contributed by atoms with Crippen molar-refractivity contribution in [2.24, 2.45) is 0 Å². The molecule has 10 nitrogen and oxygen atoms in total. The number of amides is 2. The Balaban J connectivity index is 1.58. The van der Waals surface area contributed by atoms with Crippen LogP contribution >= 0.6 is 0 Å². The summed E-state index contributed by atoms with van der Waals surface area (Å²) in [6, 6.07) is 10.9. The highest BCUT2D eigenvalue weighted by Gasteiger charge is 2.15. The number of hydrogen-bond donors (Lipinski definition) is 2. The minimum atomic E-state index is -0.577. The SMILES string of the molecule is Cc1ccc([N+](=O)[O-])cc1C(=O)NCC(=O)Nc1ccc(-n2cncn2)cc1. The first-order valence-corrected chi connectivity index (χ1v) is 8.22. The van der Waals surface area contributed by atoms with E-state index in [0.29, 0.717) is 11.3 Å². The fraction of sp³-hybridized carbons (Fsp3) is 0.111. The van der Waals surface area contributed by atoms with Gasteiger partial charge in [-0.05, 0) is 36.8 Å². The molecule has 0 spiro atoms. The van der Waals surface area contributed by atoms with E-state index in [0.717, 1.165) is 5.69 Å². The summed E-state index contributed by atoms with van der Waals surface area (Å²) >= 11 is 0. The number of carbonyl (C=O) groups is 2. The van der Waals surface area contributed by atoms with E-state index in [9.17, 15) is 19.7 Å². The van der Waals surface area contributed by atoms with Gasteiger partial charge in [-0.3, -0.25) is 19.7 Å². The first kappa shape index (κ1) is 18.7. The number of nitro benzene ring substituents is 1. The van der Waals surface area contributed by atoms with Crippen molar-refractivity contribution >= 4 is 23.2 Å². The molecule has 1 heterocycles. The highest BCUT2D eigenvalue weighted by atomic mass is 16.6. The monoisotopic (exact) mass is 380 g/mol. The molecule has 0 atom stereocenters. The van der Waals surface area contributed by atoms with E-state index < -0.39 is 16.7 Å². The van der Waals surface area contributed by atoms with E-state index in [2.05, 4.69) is 20.7 Å². The lowest BCUT2D eigenvalue weighted by atomic mass is 10.1. The molecule has 0 saturated carbocycles. The molecule has 2 N–H and O–H groups in total. The quantitative estimate of drug-likeness (QED) is 0.495. The number of aromatic nitrogens is 3. The molecule has 1 aromatic heterocycles. The van der Waals surface area contributed by atoms with Crippen LogP contribution in [-0.4, -0.2) is 38.0 Å². The number of nitrogens with zero attached hydrogens (tertiary/aromatic N) is 4. The summed E-state index contributed by atoms with van der Waals surface area (Å²) in [6.45, 7) is 1.39.